The number of aromatic carboxylic acids is 1. The molecule has 2 aromatic heterocycles. The molecule has 0 saturated carbocycles. The Balaban J connectivity index is 0.000000380. The monoisotopic (exact) mass is 691 g/mol. The third-order valence-corrected chi connectivity index (χ3v) is 8.46. The van der Waals surface area contributed by atoms with Crippen molar-refractivity contribution in [2.75, 3.05) is 7.11 Å². The van der Waals surface area contributed by atoms with E-state index < -0.39 is 16.9 Å². The zero-order valence-corrected chi connectivity index (χ0v) is 28.5. The summed E-state index contributed by atoms with van der Waals surface area (Å²) in [6.45, 7) is 4.21. The van der Waals surface area contributed by atoms with Gasteiger partial charge in [-0.2, -0.15) is 5.10 Å². The highest BCUT2D eigenvalue weighted by Gasteiger charge is 2.27. The highest BCUT2D eigenvalue weighted by molar-refractivity contribution is 6.35. The first-order chi connectivity index (χ1) is 23.3. The first kappa shape index (κ1) is 36.6. The molecule has 13 nitrogen and oxygen atoms in total. The van der Waals surface area contributed by atoms with Crippen LogP contribution in [0, 0.1) is 17.0 Å². The molecule has 0 spiro atoms. The number of carboxylic acids is 2. The summed E-state index contributed by atoms with van der Waals surface area (Å²) in [5, 5.41) is 35.4. The Labute approximate surface area is 287 Å². The lowest BCUT2D eigenvalue weighted by Gasteiger charge is -2.12. The quantitative estimate of drug-likeness (QED) is 0.0951. The van der Waals surface area contributed by atoms with Crippen LogP contribution in [-0.2, 0) is 43.3 Å². The number of carboxylic acid groups (broad SMARTS) is 2. The maximum Gasteiger partial charge on any atom is 0.352 e. The number of aliphatic carboxylic acids is 1. The van der Waals surface area contributed by atoms with Crippen molar-refractivity contribution in [1.29, 1.82) is 0 Å². The third kappa shape index (κ3) is 8.08. The van der Waals surface area contributed by atoms with Gasteiger partial charge in [-0.15, -0.1) is 0 Å². The van der Waals surface area contributed by atoms with Gasteiger partial charge in [-0.1, -0.05) is 48.0 Å². The normalized spacial score (nSPS) is 11.6. The number of benzene rings is 3. The SMILES string of the molecule is COc1ccc(COCc2nn(C)c(C)c2-c2c(Cl)ccc3c(CCC(=O)O)c(C(=O)O)n(C)c23)cc1.C[C@@H](N)c1ccccc1[N+](=O)[O-]. The molecule has 1 atom stereocenters. The fourth-order valence-corrected chi connectivity index (χ4v) is 5.97. The van der Waals surface area contributed by atoms with Gasteiger partial charge in [0.25, 0.3) is 5.69 Å². The molecule has 0 amide bonds. The second-order valence-corrected chi connectivity index (χ2v) is 11.8. The van der Waals surface area contributed by atoms with E-state index in [2.05, 4.69) is 5.10 Å². The van der Waals surface area contributed by atoms with E-state index in [0.29, 0.717) is 44.9 Å². The zero-order chi connectivity index (χ0) is 36.0. The van der Waals surface area contributed by atoms with Crippen molar-refractivity contribution in [2.45, 2.75) is 45.9 Å². The fourth-order valence-electron chi connectivity index (χ4n) is 5.72. The molecule has 14 heteroatoms. The Morgan fingerprint density at radius 3 is 2.29 bits per heavy atom. The van der Waals surface area contributed by atoms with Crippen LogP contribution in [0.1, 0.15) is 58.0 Å². The summed E-state index contributed by atoms with van der Waals surface area (Å²) >= 11 is 6.75. The standard InChI is InChI=1S/C27H28ClN3O6.C8H10N2O2/c1-15-23(21(29-31(15)3)14-37-13-16-5-7-17(36-4)8-6-16)24-20(28)11-9-18-19(10-12-22(32)33)26(27(34)35)30(2)25(18)24;1-6(9)7-4-2-3-5-8(7)10(11)12/h5-9,11H,10,12-14H2,1-4H3,(H,32,33)(H,34,35);2-6H,9H2,1H3/t;6-/m.1/s1. The summed E-state index contributed by atoms with van der Waals surface area (Å²) in [4.78, 5) is 33.5. The number of methoxy groups -OCH3 is 1. The number of nitro groups is 1. The van der Waals surface area contributed by atoms with Gasteiger partial charge in [0.15, 0.2) is 0 Å². The third-order valence-electron chi connectivity index (χ3n) is 8.15. The van der Waals surface area contributed by atoms with Crippen molar-refractivity contribution < 1.29 is 34.2 Å². The number of rotatable bonds is 12. The van der Waals surface area contributed by atoms with E-state index >= 15 is 0 Å². The van der Waals surface area contributed by atoms with Crippen LogP contribution in [0.5, 0.6) is 5.75 Å². The minimum absolute atomic E-state index is 0.0404. The summed E-state index contributed by atoms with van der Waals surface area (Å²) in [7, 11) is 5.09. The summed E-state index contributed by atoms with van der Waals surface area (Å²) in [5.41, 5.74) is 11.2. The second-order valence-electron chi connectivity index (χ2n) is 11.4. The van der Waals surface area contributed by atoms with Gasteiger partial charge in [0.2, 0.25) is 0 Å². The predicted molar refractivity (Wildman–Crippen MR) is 185 cm³/mol. The molecule has 49 heavy (non-hydrogen) atoms. The molecule has 0 aliphatic carbocycles. The number of ether oxygens (including phenoxy) is 2. The number of nitrogens with zero attached hydrogens (tertiary/aromatic N) is 4. The predicted octanol–water partition coefficient (Wildman–Crippen LogP) is 6.60. The number of halogens is 1. The smallest absolute Gasteiger partial charge is 0.352 e. The topological polar surface area (TPSA) is 185 Å². The molecule has 258 valence electrons. The number of aromatic nitrogens is 3. The number of aryl methyl sites for hydroxylation is 3. The molecule has 2 heterocycles. The van der Waals surface area contributed by atoms with Gasteiger partial charge in [-0.3, -0.25) is 19.6 Å². The molecule has 0 radical (unpaired) electrons. The number of hydrogen-bond acceptors (Lipinski definition) is 8. The minimum atomic E-state index is -1.13. The molecule has 5 aromatic rings. The van der Waals surface area contributed by atoms with Crippen molar-refractivity contribution in [3.05, 3.63) is 110 Å². The average Bonchev–Trinajstić information content (AvgIpc) is 3.51. The Hall–Kier alpha value is -5.24. The first-order valence-electron chi connectivity index (χ1n) is 15.2. The average molecular weight is 692 g/mol. The van der Waals surface area contributed by atoms with Gasteiger partial charge in [0.05, 0.1) is 41.5 Å². The summed E-state index contributed by atoms with van der Waals surface area (Å²) in [6, 6.07) is 17.2. The van der Waals surface area contributed by atoms with Crippen molar-refractivity contribution in [2.24, 2.45) is 19.8 Å². The number of hydrogen-bond donors (Lipinski definition) is 3. The van der Waals surface area contributed by atoms with Gasteiger partial charge in [-0.05, 0) is 49.6 Å². The van der Waals surface area contributed by atoms with E-state index in [1.54, 1.807) is 60.7 Å². The summed E-state index contributed by atoms with van der Waals surface area (Å²) < 4.78 is 14.5. The van der Waals surface area contributed by atoms with Crippen molar-refractivity contribution in [3.8, 4) is 16.9 Å². The maximum atomic E-state index is 12.2. The molecule has 0 saturated heterocycles. The van der Waals surface area contributed by atoms with Crippen LogP contribution in [0.3, 0.4) is 0 Å². The molecule has 0 bridgehead atoms. The van der Waals surface area contributed by atoms with Crippen LogP contribution in [0.4, 0.5) is 5.69 Å². The van der Waals surface area contributed by atoms with Crippen molar-refractivity contribution >= 4 is 40.1 Å². The summed E-state index contributed by atoms with van der Waals surface area (Å²) in [6.07, 6.45) is -0.104. The molecular formula is C35H38ClN5O8. The fraction of sp³-hybridized carbons (Fsp3) is 0.286. The minimum Gasteiger partial charge on any atom is -0.497 e. The number of nitrogens with two attached hydrogens (primary N) is 1. The highest BCUT2D eigenvalue weighted by Crippen LogP contribution is 2.42. The Bertz CT molecular complexity index is 2000. The maximum absolute atomic E-state index is 12.2. The van der Waals surface area contributed by atoms with Crippen LogP contribution < -0.4 is 10.5 Å². The molecule has 0 aliphatic rings. The molecular weight excluding hydrogens is 654 g/mol. The number of fused-ring (bicyclic) bond motifs is 1. The Morgan fingerprint density at radius 2 is 1.71 bits per heavy atom. The van der Waals surface area contributed by atoms with E-state index in [9.17, 15) is 29.9 Å². The van der Waals surface area contributed by atoms with Crippen LogP contribution in [0.2, 0.25) is 5.02 Å². The van der Waals surface area contributed by atoms with Crippen LogP contribution in [0.15, 0.2) is 60.7 Å². The molecule has 3 aromatic carbocycles. The van der Waals surface area contributed by atoms with Gasteiger partial charge in [0.1, 0.15) is 11.4 Å². The van der Waals surface area contributed by atoms with Gasteiger partial charge >= 0.3 is 11.9 Å². The van der Waals surface area contributed by atoms with E-state index in [4.69, 9.17) is 26.8 Å². The zero-order valence-electron chi connectivity index (χ0n) is 27.8. The molecule has 5 rings (SSSR count). The number of para-hydroxylation sites is 1. The molecule has 0 fully saturated rings. The van der Waals surface area contributed by atoms with E-state index in [0.717, 1.165) is 22.6 Å². The van der Waals surface area contributed by atoms with Crippen molar-refractivity contribution in [3.63, 3.8) is 0 Å². The summed E-state index contributed by atoms with van der Waals surface area (Å²) in [5.74, 6) is -1.37. The lowest BCUT2D eigenvalue weighted by atomic mass is 9.98. The van der Waals surface area contributed by atoms with Crippen LogP contribution in [-0.4, -0.2) is 48.5 Å². The number of carbonyl (C=O) groups is 2. The Kier molecular flexibility index (Phi) is 11.8. The lowest BCUT2D eigenvalue weighted by Crippen LogP contribution is -2.09. The molecule has 0 aliphatic heterocycles. The van der Waals surface area contributed by atoms with Gasteiger partial charge in [0, 0.05) is 60.4 Å². The molecule has 4 N–H and O–H groups in total. The van der Waals surface area contributed by atoms with Crippen LogP contribution >= 0.6 is 11.6 Å². The van der Waals surface area contributed by atoms with Gasteiger partial charge in [-0.25, -0.2) is 4.79 Å². The number of nitro benzene ring substituents is 1. The Morgan fingerprint density at radius 1 is 1.04 bits per heavy atom. The van der Waals surface area contributed by atoms with E-state index in [1.807, 2.05) is 38.2 Å². The van der Waals surface area contributed by atoms with Crippen molar-refractivity contribution in [1.82, 2.24) is 14.3 Å². The lowest BCUT2D eigenvalue weighted by molar-refractivity contribution is -0.385. The van der Waals surface area contributed by atoms with E-state index in [-0.39, 0.29) is 36.9 Å². The van der Waals surface area contributed by atoms with Gasteiger partial charge < -0.3 is 30.0 Å². The largest absolute Gasteiger partial charge is 0.497 e. The van der Waals surface area contributed by atoms with E-state index in [1.165, 1.54) is 6.07 Å². The highest BCUT2D eigenvalue weighted by atomic mass is 35.5. The second kappa shape index (κ2) is 15.8. The molecule has 0 unspecified atom stereocenters. The first-order valence-corrected chi connectivity index (χ1v) is 15.6. The van der Waals surface area contributed by atoms with Crippen LogP contribution in [0.25, 0.3) is 22.0 Å².